The molecule has 0 spiro atoms. The van der Waals surface area contributed by atoms with Crippen LogP contribution in [0.25, 0.3) is 5.69 Å². The second-order valence-corrected chi connectivity index (χ2v) is 4.83. The molecule has 0 bridgehead atoms. The normalized spacial score (nSPS) is 11.2. The number of aryl methyl sites for hydroxylation is 1. The van der Waals surface area contributed by atoms with E-state index in [1.165, 1.54) is 5.56 Å². The first-order valence-corrected chi connectivity index (χ1v) is 6.34. The van der Waals surface area contributed by atoms with Gasteiger partial charge in [-0.3, -0.25) is 0 Å². The molecule has 0 saturated carbocycles. The van der Waals surface area contributed by atoms with Gasteiger partial charge in [-0.1, -0.05) is 31.5 Å². The van der Waals surface area contributed by atoms with Crippen molar-refractivity contribution in [3.8, 4) is 5.69 Å². The van der Waals surface area contributed by atoms with Crippen LogP contribution in [-0.4, -0.2) is 21.3 Å². The first-order valence-electron chi connectivity index (χ1n) is 6.34. The minimum Gasteiger partial charge on any atom is -0.330 e. The molecular weight excluding hydrogens is 224 g/mol. The SMILES string of the molecule is Cc1ccc(-n2nc(CCN)nc2C(C)C)cc1. The Kier molecular flexibility index (Phi) is 3.77. The summed E-state index contributed by atoms with van der Waals surface area (Å²) in [6.45, 7) is 6.91. The molecule has 2 rings (SSSR count). The molecule has 1 aromatic carbocycles. The van der Waals surface area contributed by atoms with Crippen molar-refractivity contribution in [3.63, 3.8) is 0 Å². The second kappa shape index (κ2) is 5.31. The fraction of sp³-hybridized carbons (Fsp3) is 0.429. The van der Waals surface area contributed by atoms with Crippen molar-refractivity contribution >= 4 is 0 Å². The lowest BCUT2D eigenvalue weighted by Crippen LogP contribution is -2.05. The molecule has 0 saturated heterocycles. The van der Waals surface area contributed by atoms with Crippen LogP contribution >= 0.6 is 0 Å². The molecule has 96 valence electrons. The number of rotatable bonds is 4. The van der Waals surface area contributed by atoms with Gasteiger partial charge in [-0.2, -0.15) is 5.10 Å². The van der Waals surface area contributed by atoms with Crippen LogP contribution in [0.1, 0.15) is 37.0 Å². The molecule has 2 aromatic rings. The highest BCUT2D eigenvalue weighted by Gasteiger charge is 2.13. The summed E-state index contributed by atoms with van der Waals surface area (Å²) in [4.78, 5) is 4.57. The standard InChI is InChI=1S/C14H20N4/c1-10(2)14-16-13(8-9-15)17-18(14)12-6-4-11(3)5-7-12/h4-7,10H,8-9,15H2,1-3H3. The lowest BCUT2D eigenvalue weighted by molar-refractivity contribution is 0.712. The summed E-state index contributed by atoms with van der Waals surface area (Å²) in [6, 6.07) is 8.32. The van der Waals surface area contributed by atoms with Gasteiger partial charge in [0.05, 0.1) is 5.69 Å². The summed E-state index contributed by atoms with van der Waals surface area (Å²) in [5, 5.41) is 4.55. The maximum absolute atomic E-state index is 5.57. The first-order chi connectivity index (χ1) is 8.61. The zero-order valence-corrected chi connectivity index (χ0v) is 11.2. The van der Waals surface area contributed by atoms with Crippen molar-refractivity contribution < 1.29 is 0 Å². The predicted octanol–water partition coefficient (Wildman–Crippen LogP) is 2.20. The van der Waals surface area contributed by atoms with Gasteiger partial charge < -0.3 is 5.73 Å². The van der Waals surface area contributed by atoms with Crippen molar-refractivity contribution in [3.05, 3.63) is 41.5 Å². The molecule has 0 aliphatic carbocycles. The predicted molar refractivity (Wildman–Crippen MR) is 72.9 cm³/mol. The van der Waals surface area contributed by atoms with E-state index in [9.17, 15) is 0 Å². The number of hydrogen-bond donors (Lipinski definition) is 1. The number of nitrogens with two attached hydrogens (primary N) is 1. The Hall–Kier alpha value is -1.68. The van der Waals surface area contributed by atoms with E-state index in [0.717, 1.165) is 23.8 Å². The van der Waals surface area contributed by atoms with Crippen LogP contribution in [-0.2, 0) is 6.42 Å². The summed E-state index contributed by atoms with van der Waals surface area (Å²) in [7, 11) is 0. The molecule has 1 heterocycles. The second-order valence-electron chi connectivity index (χ2n) is 4.83. The van der Waals surface area contributed by atoms with Gasteiger partial charge in [0.25, 0.3) is 0 Å². The topological polar surface area (TPSA) is 56.7 Å². The quantitative estimate of drug-likeness (QED) is 0.897. The van der Waals surface area contributed by atoms with Gasteiger partial charge in [0, 0.05) is 12.3 Å². The average Bonchev–Trinajstić information content (AvgIpc) is 2.75. The number of benzene rings is 1. The van der Waals surface area contributed by atoms with Crippen LogP contribution in [0.2, 0.25) is 0 Å². The highest BCUT2D eigenvalue weighted by Crippen LogP contribution is 2.17. The minimum absolute atomic E-state index is 0.338. The summed E-state index contributed by atoms with van der Waals surface area (Å²) >= 11 is 0. The van der Waals surface area contributed by atoms with E-state index < -0.39 is 0 Å². The van der Waals surface area contributed by atoms with Crippen molar-refractivity contribution in [2.45, 2.75) is 33.1 Å². The highest BCUT2D eigenvalue weighted by atomic mass is 15.4. The molecule has 0 aliphatic heterocycles. The third-order valence-corrected chi connectivity index (χ3v) is 2.84. The Morgan fingerprint density at radius 1 is 1.22 bits per heavy atom. The number of aromatic nitrogens is 3. The lowest BCUT2D eigenvalue weighted by atomic mass is 10.2. The van der Waals surface area contributed by atoms with E-state index in [0.29, 0.717) is 12.5 Å². The van der Waals surface area contributed by atoms with Crippen LogP contribution < -0.4 is 5.73 Å². The van der Waals surface area contributed by atoms with Gasteiger partial charge in [0.15, 0.2) is 5.82 Å². The van der Waals surface area contributed by atoms with E-state index >= 15 is 0 Å². The van der Waals surface area contributed by atoms with Crippen LogP contribution in [0.3, 0.4) is 0 Å². The van der Waals surface area contributed by atoms with Crippen molar-refractivity contribution in [2.24, 2.45) is 5.73 Å². The summed E-state index contributed by atoms with van der Waals surface area (Å²) in [5.74, 6) is 2.15. The smallest absolute Gasteiger partial charge is 0.152 e. The fourth-order valence-electron chi connectivity index (χ4n) is 1.85. The van der Waals surface area contributed by atoms with E-state index in [2.05, 4.69) is 55.1 Å². The van der Waals surface area contributed by atoms with Gasteiger partial charge >= 0.3 is 0 Å². The minimum atomic E-state index is 0.338. The number of nitrogens with zero attached hydrogens (tertiary/aromatic N) is 3. The maximum Gasteiger partial charge on any atom is 0.152 e. The zero-order chi connectivity index (χ0) is 13.1. The van der Waals surface area contributed by atoms with Gasteiger partial charge in [0.2, 0.25) is 0 Å². The van der Waals surface area contributed by atoms with E-state index in [1.54, 1.807) is 0 Å². The zero-order valence-electron chi connectivity index (χ0n) is 11.2. The first kappa shape index (κ1) is 12.8. The largest absolute Gasteiger partial charge is 0.330 e. The molecule has 0 amide bonds. The summed E-state index contributed by atoms with van der Waals surface area (Å²) < 4.78 is 1.93. The van der Waals surface area contributed by atoms with Crippen LogP contribution in [0, 0.1) is 6.92 Å². The Morgan fingerprint density at radius 2 is 1.89 bits per heavy atom. The third kappa shape index (κ3) is 2.59. The molecule has 0 unspecified atom stereocenters. The monoisotopic (exact) mass is 244 g/mol. The molecule has 0 aliphatic rings. The molecular formula is C14H20N4. The third-order valence-electron chi connectivity index (χ3n) is 2.84. The average molecular weight is 244 g/mol. The van der Waals surface area contributed by atoms with E-state index in [1.807, 2.05) is 4.68 Å². The molecule has 2 N–H and O–H groups in total. The Morgan fingerprint density at radius 3 is 2.44 bits per heavy atom. The molecule has 18 heavy (non-hydrogen) atoms. The van der Waals surface area contributed by atoms with Crippen LogP contribution in [0.4, 0.5) is 0 Å². The van der Waals surface area contributed by atoms with Gasteiger partial charge in [-0.25, -0.2) is 9.67 Å². The molecule has 0 atom stereocenters. The van der Waals surface area contributed by atoms with Crippen molar-refractivity contribution in [2.75, 3.05) is 6.54 Å². The van der Waals surface area contributed by atoms with Crippen molar-refractivity contribution in [1.82, 2.24) is 14.8 Å². The highest BCUT2D eigenvalue weighted by molar-refractivity contribution is 5.34. The number of hydrogen-bond acceptors (Lipinski definition) is 3. The van der Waals surface area contributed by atoms with E-state index in [-0.39, 0.29) is 0 Å². The Bertz CT molecular complexity index is 511. The molecule has 4 heteroatoms. The fourth-order valence-corrected chi connectivity index (χ4v) is 1.85. The molecule has 0 fully saturated rings. The molecule has 1 aromatic heterocycles. The van der Waals surface area contributed by atoms with Gasteiger partial charge in [0.1, 0.15) is 5.82 Å². The van der Waals surface area contributed by atoms with Crippen LogP contribution in [0.15, 0.2) is 24.3 Å². The van der Waals surface area contributed by atoms with Crippen LogP contribution in [0.5, 0.6) is 0 Å². The van der Waals surface area contributed by atoms with Gasteiger partial charge in [-0.15, -0.1) is 0 Å². The Balaban J connectivity index is 2.44. The van der Waals surface area contributed by atoms with Gasteiger partial charge in [-0.05, 0) is 25.6 Å². The molecule has 4 nitrogen and oxygen atoms in total. The van der Waals surface area contributed by atoms with Crippen molar-refractivity contribution in [1.29, 1.82) is 0 Å². The maximum atomic E-state index is 5.57. The summed E-state index contributed by atoms with van der Waals surface area (Å²) in [5.41, 5.74) is 7.86. The Labute approximate surface area is 108 Å². The lowest BCUT2D eigenvalue weighted by Gasteiger charge is -2.08. The summed E-state index contributed by atoms with van der Waals surface area (Å²) in [6.07, 6.45) is 0.721. The molecule has 0 radical (unpaired) electrons. The van der Waals surface area contributed by atoms with E-state index in [4.69, 9.17) is 5.73 Å².